The zero-order chi connectivity index (χ0) is 12.4. The molecule has 2 aromatic rings. The molecule has 1 aromatic heterocycles. The van der Waals surface area contributed by atoms with Gasteiger partial charge in [-0.3, -0.25) is 4.79 Å². The van der Waals surface area contributed by atoms with Gasteiger partial charge < -0.3 is 4.42 Å². The van der Waals surface area contributed by atoms with Crippen molar-refractivity contribution in [3.05, 3.63) is 60.1 Å². The van der Waals surface area contributed by atoms with Crippen molar-refractivity contribution in [2.45, 2.75) is 12.5 Å². The highest BCUT2D eigenvalue weighted by molar-refractivity contribution is 5.79. The molecule has 0 spiro atoms. The molecule has 4 heteroatoms. The van der Waals surface area contributed by atoms with Crippen LogP contribution in [0.5, 0.6) is 0 Å². The van der Waals surface area contributed by atoms with Crippen LogP contribution in [-0.2, 0) is 4.79 Å². The van der Waals surface area contributed by atoms with Gasteiger partial charge in [-0.15, -0.1) is 10.1 Å². The van der Waals surface area contributed by atoms with E-state index >= 15 is 0 Å². The molecule has 1 unspecified atom stereocenters. The van der Waals surface area contributed by atoms with Gasteiger partial charge in [0.05, 0.1) is 6.26 Å². The molecule has 4 nitrogen and oxygen atoms in total. The fourth-order valence-corrected chi connectivity index (χ4v) is 2.12. The molecule has 1 fully saturated rings. The first-order chi connectivity index (χ1) is 8.83. The molecule has 1 N–H and O–H groups in total. The summed E-state index contributed by atoms with van der Waals surface area (Å²) in [6.07, 6.45) is 3.88. The minimum absolute atomic E-state index is 0.0174. The molecule has 0 aliphatic carbocycles. The molecular formula is C14H13N2O2+. The third-order valence-corrected chi connectivity index (χ3v) is 2.96. The third kappa shape index (κ3) is 2.05. The van der Waals surface area contributed by atoms with Crippen LogP contribution in [0, 0.1) is 0 Å². The number of carbonyl (C=O) groups is 1. The van der Waals surface area contributed by atoms with Crippen molar-refractivity contribution in [3.63, 3.8) is 0 Å². The Kier molecular flexibility index (Phi) is 2.68. The second kappa shape index (κ2) is 4.49. The van der Waals surface area contributed by atoms with E-state index in [1.807, 2.05) is 48.7 Å². The monoisotopic (exact) mass is 241 g/mol. The summed E-state index contributed by atoms with van der Waals surface area (Å²) >= 11 is 0. The Morgan fingerprint density at radius 2 is 2.06 bits per heavy atom. The van der Waals surface area contributed by atoms with Gasteiger partial charge in [0.25, 0.3) is 5.91 Å². The lowest BCUT2D eigenvalue weighted by Gasteiger charge is -2.04. The van der Waals surface area contributed by atoms with E-state index in [1.54, 1.807) is 10.9 Å². The largest absolute Gasteiger partial charge is 0.459 e. The van der Waals surface area contributed by atoms with Crippen molar-refractivity contribution in [2.24, 2.45) is 0 Å². The van der Waals surface area contributed by atoms with Crippen LogP contribution in [0.15, 0.2) is 53.1 Å². The lowest BCUT2D eigenvalue weighted by molar-refractivity contribution is -0.595. The van der Waals surface area contributed by atoms with Crippen LogP contribution in [-0.4, -0.2) is 16.8 Å². The Morgan fingerprint density at radius 1 is 1.22 bits per heavy atom. The first-order valence-electron chi connectivity index (χ1n) is 5.84. The minimum Gasteiger partial charge on any atom is -0.459 e. The van der Waals surface area contributed by atoms with Crippen molar-refractivity contribution in [1.82, 2.24) is 5.43 Å². The van der Waals surface area contributed by atoms with Crippen molar-refractivity contribution in [2.75, 3.05) is 0 Å². The number of amides is 1. The summed E-state index contributed by atoms with van der Waals surface area (Å²) in [5, 5.41) is 0. The Hall–Kier alpha value is -2.36. The average Bonchev–Trinajstić information content (AvgIpc) is 3.01. The van der Waals surface area contributed by atoms with Crippen molar-refractivity contribution in [1.29, 1.82) is 0 Å². The van der Waals surface area contributed by atoms with Crippen LogP contribution in [0.2, 0.25) is 0 Å². The quantitative estimate of drug-likeness (QED) is 0.816. The van der Waals surface area contributed by atoms with E-state index in [9.17, 15) is 4.79 Å². The molecule has 1 aliphatic heterocycles. The van der Waals surface area contributed by atoms with E-state index in [2.05, 4.69) is 5.43 Å². The lowest BCUT2D eigenvalue weighted by atomic mass is 10.1. The number of furan rings is 1. The molecule has 1 saturated heterocycles. The van der Waals surface area contributed by atoms with Crippen molar-refractivity contribution >= 4 is 12.1 Å². The summed E-state index contributed by atoms with van der Waals surface area (Å²) in [6, 6.07) is 13.7. The van der Waals surface area contributed by atoms with Crippen LogP contribution >= 0.6 is 0 Å². The van der Waals surface area contributed by atoms with Crippen LogP contribution in [0.25, 0.3) is 0 Å². The fourth-order valence-electron chi connectivity index (χ4n) is 2.12. The highest BCUT2D eigenvalue weighted by Gasteiger charge is 2.35. The van der Waals surface area contributed by atoms with Gasteiger partial charge in [0.2, 0.25) is 12.3 Å². The summed E-state index contributed by atoms with van der Waals surface area (Å²) in [5.41, 5.74) is 3.93. The maximum Gasteiger partial charge on any atom is 0.281 e. The molecule has 1 atom stereocenters. The molecule has 1 aliphatic rings. The van der Waals surface area contributed by atoms with Gasteiger partial charge in [-0.1, -0.05) is 30.3 Å². The number of hydrogen-bond acceptors (Lipinski definition) is 2. The predicted octanol–water partition coefficient (Wildman–Crippen LogP) is 1.89. The summed E-state index contributed by atoms with van der Waals surface area (Å²) in [6.45, 7) is 0. The summed E-state index contributed by atoms with van der Waals surface area (Å²) in [7, 11) is 0. The van der Waals surface area contributed by atoms with E-state index in [4.69, 9.17) is 4.42 Å². The van der Waals surface area contributed by atoms with E-state index in [0.29, 0.717) is 6.42 Å². The number of rotatable bonds is 2. The number of nitrogens with one attached hydrogen (secondary N) is 1. The van der Waals surface area contributed by atoms with E-state index in [-0.39, 0.29) is 11.9 Å². The van der Waals surface area contributed by atoms with Crippen LogP contribution in [0.1, 0.15) is 23.8 Å². The Balaban J connectivity index is 1.95. The Labute approximate surface area is 105 Å². The number of hydrogen-bond donors (Lipinski definition) is 1. The molecule has 0 bridgehead atoms. The molecule has 1 aromatic carbocycles. The van der Waals surface area contributed by atoms with Crippen molar-refractivity contribution < 1.29 is 13.9 Å². The van der Waals surface area contributed by atoms with E-state index < -0.39 is 0 Å². The smallest absolute Gasteiger partial charge is 0.281 e. The summed E-state index contributed by atoms with van der Waals surface area (Å²) in [5.74, 6) is 0.741. The number of nitrogens with zero attached hydrogens (tertiary/aromatic N) is 1. The zero-order valence-electron chi connectivity index (χ0n) is 9.74. The zero-order valence-corrected chi connectivity index (χ0v) is 9.74. The highest BCUT2D eigenvalue weighted by atomic mass is 16.3. The van der Waals surface area contributed by atoms with Gasteiger partial charge in [0.1, 0.15) is 6.42 Å². The number of hydrazone groups is 1. The molecule has 3 rings (SSSR count). The van der Waals surface area contributed by atoms with Gasteiger partial charge in [0.15, 0.2) is 5.76 Å². The van der Waals surface area contributed by atoms with Crippen LogP contribution in [0.3, 0.4) is 0 Å². The number of benzene rings is 1. The summed E-state index contributed by atoms with van der Waals surface area (Å²) < 4.78 is 7.07. The fraction of sp³-hybridized carbons (Fsp3) is 0.143. The van der Waals surface area contributed by atoms with Gasteiger partial charge in [-0.05, 0) is 12.1 Å². The second-order valence-corrected chi connectivity index (χ2v) is 4.22. The number of carbonyl (C=O) groups excluding carboxylic acids is 1. The first-order valence-corrected chi connectivity index (χ1v) is 5.84. The average molecular weight is 241 g/mol. The Bertz CT molecular complexity index is 573. The minimum atomic E-state index is 0.0174. The number of hydrazine groups is 1. The molecule has 1 amide bonds. The first kappa shape index (κ1) is 10.8. The maximum absolute atomic E-state index is 11.6. The van der Waals surface area contributed by atoms with Gasteiger partial charge in [-0.25, -0.2) is 0 Å². The molecule has 0 saturated carbocycles. The van der Waals surface area contributed by atoms with Crippen LogP contribution in [0.4, 0.5) is 0 Å². The van der Waals surface area contributed by atoms with E-state index in [0.717, 1.165) is 11.3 Å². The molecule has 90 valence electrons. The standard InChI is InChI=1S/C14H12N2O2/c17-14-9-13(11-5-2-1-3-6-11)16(15-14)10-12-7-4-8-18-12/h1-8,10,13H,9H2/p+1/b16-10-. The van der Waals surface area contributed by atoms with Crippen molar-refractivity contribution in [3.8, 4) is 0 Å². The van der Waals surface area contributed by atoms with Gasteiger partial charge in [0, 0.05) is 5.56 Å². The Morgan fingerprint density at radius 3 is 2.78 bits per heavy atom. The summed E-state index contributed by atoms with van der Waals surface area (Å²) in [4.78, 5) is 11.6. The normalized spacial score (nSPS) is 21.2. The second-order valence-electron chi connectivity index (χ2n) is 4.22. The van der Waals surface area contributed by atoms with Gasteiger partial charge in [-0.2, -0.15) is 0 Å². The molecule has 2 heterocycles. The SMILES string of the molecule is O=C1CC(c2ccccc2)/[N+](=C/c2ccco2)N1. The van der Waals surface area contributed by atoms with E-state index in [1.165, 1.54) is 0 Å². The lowest BCUT2D eigenvalue weighted by Crippen LogP contribution is -2.26. The topological polar surface area (TPSA) is 45.2 Å². The highest BCUT2D eigenvalue weighted by Crippen LogP contribution is 2.23. The van der Waals surface area contributed by atoms with Gasteiger partial charge >= 0.3 is 0 Å². The molecule has 0 radical (unpaired) electrons. The van der Waals surface area contributed by atoms with Crippen LogP contribution < -0.4 is 5.43 Å². The maximum atomic E-state index is 11.6. The third-order valence-electron chi connectivity index (χ3n) is 2.96. The molecule has 18 heavy (non-hydrogen) atoms. The predicted molar refractivity (Wildman–Crippen MR) is 66.1 cm³/mol. The molecular weight excluding hydrogens is 228 g/mol.